The molecule has 0 bridgehead atoms. The predicted molar refractivity (Wildman–Crippen MR) is 78.1 cm³/mol. The van der Waals surface area contributed by atoms with Gasteiger partial charge in [0.05, 0.1) is 25.6 Å². The zero-order chi connectivity index (χ0) is 15.2. The lowest BCUT2D eigenvalue weighted by Gasteiger charge is -2.32. The maximum absolute atomic E-state index is 12.3. The fourth-order valence-electron chi connectivity index (χ4n) is 2.51. The van der Waals surface area contributed by atoms with E-state index in [-0.39, 0.29) is 12.3 Å². The van der Waals surface area contributed by atoms with Gasteiger partial charge in [0.2, 0.25) is 5.91 Å². The smallest absolute Gasteiger partial charge is 0.306 e. The summed E-state index contributed by atoms with van der Waals surface area (Å²) in [5.41, 5.74) is 2.21. The van der Waals surface area contributed by atoms with Crippen LogP contribution < -0.4 is 0 Å². The Balaban J connectivity index is 1.94. The standard InChI is InChI=1S/C16H21NO4/c1-2-12-4-3-5-13(8-12)9-15(18)17-6-7-21-14(11-17)10-16(19)20/h3-5,8,14H,2,6-7,9-11H2,1H3,(H,19,20). The van der Waals surface area contributed by atoms with E-state index in [0.717, 1.165) is 12.0 Å². The van der Waals surface area contributed by atoms with E-state index in [4.69, 9.17) is 9.84 Å². The third kappa shape index (κ3) is 4.56. The molecular weight excluding hydrogens is 270 g/mol. The first-order valence-electron chi connectivity index (χ1n) is 7.27. The molecule has 0 radical (unpaired) electrons. The van der Waals surface area contributed by atoms with E-state index < -0.39 is 12.1 Å². The van der Waals surface area contributed by atoms with Gasteiger partial charge in [-0.1, -0.05) is 31.2 Å². The minimum atomic E-state index is -0.898. The number of nitrogens with zero attached hydrogens (tertiary/aromatic N) is 1. The molecule has 21 heavy (non-hydrogen) atoms. The topological polar surface area (TPSA) is 66.8 Å². The predicted octanol–water partition coefficient (Wildman–Crippen LogP) is 1.49. The van der Waals surface area contributed by atoms with Crippen molar-refractivity contribution in [2.45, 2.75) is 32.3 Å². The van der Waals surface area contributed by atoms with Crippen molar-refractivity contribution in [2.24, 2.45) is 0 Å². The van der Waals surface area contributed by atoms with E-state index >= 15 is 0 Å². The van der Waals surface area contributed by atoms with E-state index in [1.54, 1.807) is 4.90 Å². The van der Waals surface area contributed by atoms with Crippen LogP contribution in [0.4, 0.5) is 0 Å². The highest BCUT2D eigenvalue weighted by atomic mass is 16.5. The van der Waals surface area contributed by atoms with Crippen LogP contribution in [0, 0.1) is 0 Å². The van der Waals surface area contributed by atoms with Crippen LogP contribution in [-0.2, 0) is 27.2 Å². The van der Waals surface area contributed by atoms with Gasteiger partial charge in [-0.3, -0.25) is 9.59 Å². The Morgan fingerprint density at radius 2 is 2.14 bits per heavy atom. The van der Waals surface area contributed by atoms with Crippen molar-refractivity contribution in [1.82, 2.24) is 4.90 Å². The highest BCUT2D eigenvalue weighted by molar-refractivity contribution is 5.79. The minimum Gasteiger partial charge on any atom is -0.481 e. The first kappa shape index (κ1) is 15.5. The first-order valence-corrected chi connectivity index (χ1v) is 7.27. The highest BCUT2D eigenvalue weighted by Gasteiger charge is 2.25. The second-order valence-corrected chi connectivity index (χ2v) is 5.28. The van der Waals surface area contributed by atoms with E-state index in [1.165, 1.54) is 5.56 Å². The number of aliphatic carboxylic acids is 1. The summed E-state index contributed by atoms with van der Waals surface area (Å²) in [5.74, 6) is -0.869. The number of hydrogen-bond donors (Lipinski definition) is 1. The number of ether oxygens (including phenoxy) is 1. The average molecular weight is 291 g/mol. The highest BCUT2D eigenvalue weighted by Crippen LogP contribution is 2.12. The molecule has 1 heterocycles. The molecule has 1 unspecified atom stereocenters. The number of carbonyl (C=O) groups excluding carboxylic acids is 1. The number of hydrogen-bond acceptors (Lipinski definition) is 3. The first-order chi connectivity index (χ1) is 10.1. The van der Waals surface area contributed by atoms with Gasteiger partial charge in [-0.05, 0) is 17.5 Å². The molecule has 0 aliphatic carbocycles. The van der Waals surface area contributed by atoms with E-state index in [0.29, 0.717) is 26.1 Å². The summed E-state index contributed by atoms with van der Waals surface area (Å²) < 4.78 is 5.38. The van der Waals surface area contributed by atoms with Crippen LogP contribution in [-0.4, -0.2) is 47.7 Å². The Kier molecular flexibility index (Phi) is 5.33. The zero-order valence-corrected chi connectivity index (χ0v) is 12.2. The lowest BCUT2D eigenvalue weighted by Crippen LogP contribution is -2.46. The number of carbonyl (C=O) groups is 2. The van der Waals surface area contributed by atoms with Crippen molar-refractivity contribution in [3.63, 3.8) is 0 Å². The number of aryl methyl sites for hydroxylation is 1. The second-order valence-electron chi connectivity index (χ2n) is 5.28. The zero-order valence-electron chi connectivity index (χ0n) is 12.2. The summed E-state index contributed by atoms with van der Waals surface area (Å²) >= 11 is 0. The molecule has 0 aromatic heterocycles. The number of carboxylic acids is 1. The van der Waals surface area contributed by atoms with Crippen molar-refractivity contribution >= 4 is 11.9 Å². The quantitative estimate of drug-likeness (QED) is 0.892. The van der Waals surface area contributed by atoms with Gasteiger partial charge in [-0.2, -0.15) is 0 Å². The molecule has 1 amide bonds. The molecule has 1 aliphatic rings. The van der Waals surface area contributed by atoms with Gasteiger partial charge in [0.15, 0.2) is 0 Å². The van der Waals surface area contributed by atoms with Crippen LogP contribution in [0.3, 0.4) is 0 Å². The van der Waals surface area contributed by atoms with Gasteiger partial charge in [0.1, 0.15) is 0 Å². The Hall–Kier alpha value is -1.88. The normalized spacial score (nSPS) is 18.5. The number of carboxylic acid groups (broad SMARTS) is 1. The summed E-state index contributed by atoms with van der Waals surface area (Å²) in [4.78, 5) is 24.7. The molecule has 1 saturated heterocycles. The molecule has 2 rings (SSSR count). The molecule has 114 valence electrons. The van der Waals surface area contributed by atoms with Crippen LogP contribution in [0.5, 0.6) is 0 Å². The SMILES string of the molecule is CCc1cccc(CC(=O)N2CCOC(CC(=O)O)C2)c1. The third-order valence-electron chi connectivity index (χ3n) is 3.65. The Labute approximate surface area is 124 Å². The summed E-state index contributed by atoms with van der Waals surface area (Å²) in [5, 5.41) is 8.80. The summed E-state index contributed by atoms with van der Waals surface area (Å²) in [6, 6.07) is 8.01. The largest absolute Gasteiger partial charge is 0.481 e. The number of morpholine rings is 1. The van der Waals surface area contributed by atoms with Crippen molar-refractivity contribution in [1.29, 1.82) is 0 Å². The molecule has 0 saturated carbocycles. The number of rotatable bonds is 5. The van der Waals surface area contributed by atoms with Crippen molar-refractivity contribution in [2.75, 3.05) is 19.7 Å². The van der Waals surface area contributed by atoms with Gasteiger partial charge < -0.3 is 14.7 Å². The molecule has 1 N–H and O–H groups in total. The van der Waals surface area contributed by atoms with Gasteiger partial charge in [-0.15, -0.1) is 0 Å². The molecule has 1 aromatic carbocycles. The van der Waals surface area contributed by atoms with Crippen LogP contribution >= 0.6 is 0 Å². The molecule has 1 aliphatic heterocycles. The molecule has 5 heteroatoms. The summed E-state index contributed by atoms with van der Waals surface area (Å²) in [7, 11) is 0. The van der Waals surface area contributed by atoms with Gasteiger partial charge in [0, 0.05) is 13.1 Å². The average Bonchev–Trinajstić information content (AvgIpc) is 2.47. The van der Waals surface area contributed by atoms with E-state index in [1.807, 2.05) is 24.3 Å². The molecule has 1 aromatic rings. The van der Waals surface area contributed by atoms with Crippen LogP contribution in [0.15, 0.2) is 24.3 Å². The maximum atomic E-state index is 12.3. The van der Waals surface area contributed by atoms with Crippen LogP contribution in [0.25, 0.3) is 0 Å². The maximum Gasteiger partial charge on any atom is 0.306 e. The monoisotopic (exact) mass is 291 g/mol. The van der Waals surface area contributed by atoms with E-state index in [2.05, 4.69) is 6.92 Å². The molecule has 1 atom stereocenters. The molecular formula is C16H21NO4. The Morgan fingerprint density at radius 1 is 1.38 bits per heavy atom. The molecule has 1 fully saturated rings. The van der Waals surface area contributed by atoms with E-state index in [9.17, 15) is 9.59 Å². The minimum absolute atomic E-state index is 0.0296. The summed E-state index contributed by atoms with van der Waals surface area (Å²) in [6.07, 6.45) is 0.838. The number of amides is 1. The second kappa shape index (κ2) is 7.22. The van der Waals surface area contributed by atoms with Gasteiger partial charge in [-0.25, -0.2) is 0 Å². The van der Waals surface area contributed by atoms with Gasteiger partial charge >= 0.3 is 5.97 Å². The molecule has 0 spiro atoms. The lowest BCUT2D eigenvalue weighted by atomic mass is 10.1. The molecule has 5 nitrogen and oxygen atoms in total. The summed E-state index contributed by atoms with van der Waals surface area (Å²) in [6.45, 7) is 3.37. The van der Waals surface area contributed by atoms with Crippen molar-refractivity contribution < 1.29 is 19.4 Å². The fraction of sp³-hybridized carbons (Fsp3) is 0.500. The van der Waals surface area contributed by atoms with Crippen LogP contribution in [0.1, 0.15) is 24.5 Å². The van der Waals surface area contributed by atoms with Crippen molar-refractivity contribution in [3.05, 3.63) is 35.4 Å². The Morgan fingerprint density at radius 3 is 2.86 bits per heavy atom. The number of benzene rings is 1. The van der Waals surface area contributed by atoms with Crippen LogP contribution in [0.2, 0.25) is 0 Å². The Bertz CT molecular complexity index is 515. The fourth-order valence-corrected chi connectivity index (χ4v) is 2.51. The third-order valence-corrected chi connectivity index (χ3v) is 3.65. The van der Waals surface area contributed by atoms with Crippen molar-refractivity contribution in [3.8, 4) is 0 Å². The lowest BCUT2D eigenvalue weighted by molar-refractivity contribution is -0.147. The van der Waals surface area contributed by atoms with Gasteiger partial charge in [0.25, 0.3) is 0 Å².